The summed E-state index contributed by atoms with van der Waals surface area (Å²) < 4.78 is 6.29. The van der Waals surface area contributed by atoms with E-state index in [-0.39, 0.29) is 12.5 Å². The molecule has 6 heteroatoms. The molecule has 1 fully saturated rings. The molecule has 5 nitrogen and oxygen atoms in total. The Hall–Kier alpha value is -1.56. The fourth-order valence-electron chi connectivity index (χ4n) is 2.43. The van der Waals surface area contributed by atoms with E-state index in [2.05, 4.69) is 15.9 Å². The molecule has 1 aromatic carbocycles. The minimum absolute atomic E-state index is 0.147. The first kappa shape index (κ1) is 15.8. The molecule has 21 heavy (non-hydrogen) atoms. The van der Waals surface area contributed by atoms with Gasteiger partial charge in [0.05, 0.1) is 4.47 Å². The van der Waals surface area contributed by atoms with Crippen molar-refractivity contribution in [2.45, 2.75) is 32.2 Å². The van der Waals surface area contributed by atoms with Gasteiger partial charge in [-0.3, -0.25) is 4.79 Å². The molecular weight excluding hydrogens is 338 g/mol. The third kappa shape index (κ3) is 3.97. The summed E-state index contributed by atoms with van der Waals surface area (Å²) in [5.41, 5.74) is 1.09. The van der Waals surface area contributed by atoms with Crippen molar-refractivity contribution in [1.29, 1.82) is 0 Å². The second-order valence-electron chi connectivity index (χ2n) is 5.16. The predicted molar refractivity (Wildman–Crippen MR) is 81.4 cm³/mol. The van der Waals surface area contributed by atoms with Crippen molar-refractivity contribution in [2.75, 3.05) is 13.2 Å². The Kier molecular flexibility index (Phi) is 5.22. The summed E-state index contributed by atoms with van der Waals surface area (Å²) in [5.74, 6) is -0.646. The normalized spacial score (nSPS) is 18.4. The molecule has 1 saturated heterocycles. The summed E-state index contributed by atoms with van der Waals surface area (Å²) in [6, 6.07) is 4.86. The monoisotopic (exact) mass is 355 g/mol. The number of carboxylic acid groups (broad SMARTS) is 1. The number of amides is 1. The van der Waals surface area contributed by atoms with Crippen LogP contribution in [0.1, 0.15) is 24.8 Å². The molecule has 0 aliphatic carbocycles. The van der Waals surface area contributed by atoms with Gasteiger partial charge in [0.2, 0.25) is 0 Å². The zero-order valence-corrected chi connectivity index (χ0v) is 13.4. The number of carboxylic acids is 1. The number of hydrogen-bond donors (Lipinski definition) is 1. The van der Waals surface area contributed by atoms with Crippen molar-refractivity contribution >= 4 is 27.8 Å². The fraction of sp³-hybridized carbons (Fsp3) is 0.467. The number of piperidine rings is 1. The van der Waals surface area contributed by atoms with E-state index in [9.17, 15) is 14.7 Å². The number of carbonyl (C=O) groups is 2. The first-order valence-corrected chi connectivity index (χ1v) is 7.69. The number of ether oxygens (including phenoxy) is 1. The number of benzene rings is 1. The first-order valence-electron chi connectivity index (χ1n) is 6.90. The highest BCUT2D eigenvalue weighted by molar-refractivity contribution is 9.10. The van der Waals surface area contributed by atoms with Gasteiger partial charge in [-0.05, 0) is 59.8 Å². The Balaban J connectivity index is 1.98. The summed E-state index contributed by atoms with van der Waals surface area (Å²) in [6.07, 6.45) is 2.18. The van der Waals surface area contributed by atoms with Crippen molar-refractivity contribution in [3.63, 3.8) is 0 Å². The second kappa shape index (κ2) is 6.93. The Morgan fingerprint density at radius 1 is 1.43 bits per heavy atom. The maximum absolute atomic E-state index is 12.2. The topological polar surface area (TPSA) is 66.8 Å². The van der Waals surface area contributed by atoms with Crippen LogP contribution in [0.3, 0.4) is 0 Å². The molecule has 1 heterocycles. The molecule has 1 aliphatic rings. The standard InChI is InChI=1S/C15H18BrNO4/c1-10-5-6-13(11(16)8-10)21-9-14(18)17-7-3-2-4-12(17)15(19)20/h5-6,8,12H,2-4,7,9H2,1H3,(H,19,20)/t12-/m0/s1. The van der Waals surface area contributed by atoms with Gasteiger partial charge in [0.1, 0.15) is 11.8 Å². The summed E-state index contributed by atoms with van der Waals surface area (Å²) in [6.45, 7) is 2.30. The number of hydrogen-bond acceptors (Lipinski definition) is 3. The van der Waals surface area contributed by atoms with Gasteiger partial charge in [0.25, 0.3) is 5.91 Å². The number of nitrogens with zero attached hydrogens (tertiary/aromatic N) is 1. The lowest BCUT2D eigenvalue weighted by molar-refractivity contribution is -0.152. The van der Waals surface area contributed by atoms with Crippen molar-refractivity contribution in [3.05, 3.63) is 28.2 Å². The Morgan fingerprint density at radius 3 is 2.86 bits per heavy atom. The molecule has 1 amide bonds. The minimum Gasteiger partial charge on any atom is -0.483 e. The van der Waals surface area contributed by atoms with E-state index < -0.39 is 12.0 Å². The van der Waals surface area contributed by atoms with Gasteiger partial charge in [-0.25, -0.2) is 4.79 Å². The van der Waals surface area contributed by atoms with Crippen molar-refractivity contribution in [2.24, 2.45) is 0 Å². The number of carbonyl (C=O) groups excluding carboxylic acids is 1. The van der Waals surface area contributed by atoms with Crippen LogP contribution in [0.4, 0.5) is 0 Å². The summed E-state index contributed by atoms with van der Waals surface area (Å²) in [4.78, 5) is 24.8. The van der Waals surface area contributed by atoms with E-state index in [1.807, 2.05) is 19.1 Å². The number of aryl methyl sites for hydroxylation is 1. The van der Waals surface area contributed by atoms with Crippen LogP contribution in [0.5, 0.6) is 5.75 Å². The molecule has 0 unspecified atom stereocenters. The van der Waals surface area contributed by atoms with Crippen LogP contribution in [-0.4, -0.2) is 41.1 Å². The molecule has 0 spiro atoms. The highest BCUT2D eigenvalue weighted by Gasteiger charge is 2.31. The third-order valence-corrected chi connectivity index (χ3v) is 4.17. The van der Waals surface area contributed by atoms with E-state index in [1.54, 1.807) is 6.07 Å². The zero-order valence-electron chi connectivity index (χ0n) is 11.8. The molecule has 1 aromatic rings. The number of aliphatic carboxylic acids is 1. The SMILES string of the molecule is Cc1ccc(OCC(=O)N2CCCC[C@H]2C(=O)O)c(Br)c1. The lowest BCUT2D eigenvalue weighted by Gasteiger charge is -2.32. The van der Waals surface area contributed by atoms with Crippen molar-refractivity contribution in [1.82, 2.24) is 4.90 Å². The summed E-state index contributed by atoms with van der Waals surface area (Å²) in [7, 11) is 0. The molecule has 1 atom stereocenters. The first-order chi connectivity index (χ1) is 9.99. The Morgan fingerprint density at radius 2 is 2.19 bits per heavy atom. The Bertz CT molecular complexity index is 546. The highest BCUT2D eigenvalue weighted by atomic mass is 79.9. The van der Waals surface area contributed by atoms with Crippen LogP contribution < -0.4 is 4.74 Å². The van der Waals surface area contributed by atoms with E-state index in [4.69, 9.17) is 4.74 Å². The minimum atomic E-state index is -0.945. The van der Waals surface area contributed by atoms with Crippen LogP contribution in [-0.2, 0) is 9.59 Å². The molecule has 0 bridgehead atoms. The van der Waals surface area contributed by atoms with Crippen molar-refractivity contribution < 1.29 is 19.4 Å². The molecule has 0 saturated carbocycles. The second-order valence-corrected chi connectivity index (χ2v) is 6.01. The van der Waals surface area contributed by atoms with Crippen LogP contribution in [0.15, 0.2) is 22.7 Å². The molecule has 0 aromatic heterocycles. The molecule has 2 rings (SSSR count). The smallest absolute Gasteiger partial charge is 0.326 e. The molecule has 114 valence electrons. The van der Waals surface area contributed by atoms with E-state index in [0.717, 1.165) is 22.9 Å². The largest absolute Gasteiger partial charge is 0.483 e. The van der Waals surface area contributed by atoms with Gasteiger partial charge in [0, 0.05) is 6.54 Å². The average molecular weight is 356 g/mol. The van der Waals surface area contributed by atoms with Crippen molar-refractivity contribution in [3.8, 4) is 5.75 Å². The van der Waals surface area contributed by atoms with Crippen LogP contribution in [0.2, 0.25) is 0 Å². The van der Waals surface area contributed by atoms with Gasteiger partial charge in [0.15, 0.2) is 6.61 Å². The predicted octanol–water partition coefficient (Wildman–Crippen LogP) is 2.60. The molecule has 1 N–H and O–H groups in total. The van der Waals surface area contributed by atoms with Crippen LogP contribution in [0, 0.1) is 6.92 Å². The lowest BCUT2D eigenvalue weighted by Crippen LogP contribution is -2.49. The van der Waals surface area contributed by atoms with E-state index >= 15 is 0 Å². The van der Waals surface area contributed by atoms with E-state index in [0.29, 0.717) is 18.7 Å². The van der Waals surface area contributed by atoms with Gasteiger partial charge in [-0.2, -0.15) is 0 Å². The third-order valence-electron chi connectivity index (χ3n) is 3.55. The van der Waals surface area contributed by atoms with E-state index in [1.165, 1.54) is 4.90 Å². The number of rotatable bonds is 4. The quantitative estimate of drug-likeness (QED) is 0.901. The summed E-state index contributed by atoms with van der Waals surface area (Å²) >= 11 is 3.38. The number of halogens is 1. The maximum atomic E-state index is 12.2. The van der Waals surface area contributed by atoms with Gasteiger partial charge < -0.3 is 14.7 Å². The molecule has 1 aliphatic heterocycles. The van der Waals surface area contributed by atoms with Crippen LogP contribution in [0.25, 0.3) is 0 Å². The zero-order chi connectivity index (χ0) is 15.4. The fourth-order valence-corrected chi connectivity index (χ4v) is 3.04. The van der Waals surface area contributed by atoms with Gasteiger partial charge in [-0.1, -0.05) is 6.07 Å². The average Bonchev–Trinajstić information content (AvgIpc) is 2.46. The van der Waals surface area contributed by atoms with Crippen LogP contribution >= 0.6 is 15.9 Å². The number of likely N-dealkylation sites (tertiary alicyclic amines) is 1. The molecular formula is C15H18BrNO4. The van der Waals surface area contributed by atoms with Gasteiger partial charge in [-0.15, -0.1) is 0 Å². The Labute approximate surface area is 132 Å². The molecule has 0 radical (unpaired) electrons. The summed E-state index contributed by atoms with van der Waals surface area (Å²) in [5, 5.41) is 9.18. The maximum Gasteiger partial charge on any atom is 0.326 e. The lowest BCUT2D eigenvalue weighted by atomic mass is 10.0. The highest BCUT2D eigenvalue weighted by Crippen LogP contribution is 2.26. The van der Waals surface area contributed by atoms with Gasteiger partial charge >= 0.3 is 5.97 Å².